The molecule has 5 heteroatoms. The van der Waals surface area contributed by atoms with E-state index in [0.29, 0.717) is 5.56 Å². The van der Waals surface area contributed by atoms with E-state index >= 15 is 0 Å². The summed E-state index contributed by atoms with van der Waals surface area (Å²) in [4.78, 5) is 23.5. The molecule has 0 radical (unpaired) electrons. The van der Waals surface area contributed by atoms with E-state index in [1.165, 1.54) is 0 Å². The van der Waals surface area contributed by atoms with Crippen LogP contribution in [0.2, 0.25) is 0 Å². The van der Waals surface area contributed by atoms with Crippen molar-refractivity contribution >= 4 is 11.8 Å². The van der Waals surface area contributed by atoms with Crippen molar-refractivity contribution in [3.63, 3.8) is 0 Å². The van der Waals surface area contributed by atoms with Crippen molar-refractivity contribution in [1.29, 1.82) is 0 Å². The van der Waals surface area contributed by atoms with Crippen LogP contribution in [-0.2, 0) is 4.79 Å². The number of hydrogen-bond donors (Lipinski definition) is 3. The van der Waals surface area contributed by atoms with Gasteiger partial charge in [0.2, 0.25) is 5.91 Å². The van der Waals surface area contributed by atoms with Gasteiger partial charge in [0.15, 0.2) is 0 Å². The van der Waals surface area contributed by atoms with Gasteiger partial charge in [-0.05, 0) is 25.0 Å². The van der Waals surface area contributed by atoms with Crippen LogP contribution >= 0.6 is 0 Å². The first kappa shape index (κ1) is 16.2. The monoisotopic (exact) mass is 278 g/mol. The number of benzene rings is 1. The van der Waals surface area contributed by atoms with Gasteiger partial charge < -0.3 is 15.7 Å². The van der Waals surface area contributed by atoms with E-state index in [0.717, 1.165) is 5.56 Å². The molecular formula is C15H22N2O3. The first-order valence-electron chi connectivity index (χ1n) is 6.69. The van der Waals surface area contributed by atoms with Crippen molar-refractivity contribution in [2.45, 2.75) is 26.8 Å². The third-order valence-corrected chi connectivity index (χ3v) is 3.04. The number of carbonyl (C=O) groups is 2. The third kappa shape index (κ3) is 5.01. The molecule has 110 valence electrons. The van der Waals surface area contributed by atoms with Crippen LogP contribution in [0.4, 0.5) is 0 Å². The summed E-state index contributed by atoms with van der Waals surface area (Å²) in [5.74, 6) is -0.455. The highest BCUT2D eigenvalue weighted by Crippen LogP contribution is 2.03. The second kappa shape index (κ2) is 7.65. The maximum absolute atomic E-state index is 11.9. The van der Waals surface area contributed by atoms with Gasteiger partial charge in [0.1, 0.15) is 0 Å². The van der Waals surface area contributed by atoms with Crippen molar-refractivity contribution in [3.05, 3.63) is 35.4 Å². The molecule has 3 N–H and O–H groups in total. The Hall–Kier alpha value is -1.88. The minimum absolute atomic E-state index is 0.101. The van der Waals surface area contributed by atoms with Gasteiger partial charge in [0, 0.05) is 5.56 Å². The number of nitrogens with one attached hydrogen (secondary N) is 2. The predicted octanol–water partition coefficient (Wildman–Crippen LogP) is 0.858. The van der Waals surface area contributed by atoms with Crippen molar-refractivity contribution in [3.8, 4) is 0 Å². The van der Waals surface area contributed by atoms with Crippen molar-refractivity contribution < 1.29 is 14.7 Å². The molecule has 2 amide bonds. The van der Waals surface area contributed by atoms with Gasteiger partial charge in [-0.2, -0.15) is 0 Å². The molecule has 1 rings (SSSR count). The van der Waals surface area contributed by atoms with Crippen LogP contribution in [0.3, 0.4) is 0 Å². The molecule has 0 aliphatic carbocycles. The van der Waals surface area contributed by atoms with Crippen LogP contribution in [0.1, 0.15) is 29.8 Å². The van der Waals surface area contributed by atoms with Gasteiger partial charge in [0.25, 0.3) is 5.91 Å². The van der Waals surface area contributed by atoms with E-state index in [2.05, 4.69) is 10.6 Å². The van der Waals surface area contributed by atoms with Crippen LogP contribution in [0.25, 0.3) is 0 Å². The summed E-state index contributed by atoms with van der Waals surface area (Å²) in [7, 11) is 0. The molecule has 0 fully saturated rings. The Balaban J connectivity index is 2.47. The summed E-state index contributed by atoms with van der Waals surface area (Å²) < 4.78 is 0. The Kier molecular flexibility index (Phi) is 6.18. The summed E-state index contributed by atoms with van der Waals surface area (Å²) in [5, 5.41) is 14.4. The molecule has 0 aliphatic rings. The fourth-order valence-electron chi connectivity index (χ4n) is 1.73. The van der Waals surface area contributed by atoms with E-state index in [1.54, 1.807) is 18.2 Å². The Morgan fingerprint density at radius 2 is 2.00 bits per heavy atom. The molecule has 0 saturated carbocycles. The zero-order chi connectivity index (χ0) is 15.1. The molecule has 1 unspecified atom stereocenters. The lowest BCUT2D eigenvalue weighted by Crippen LogP contribution is -2.45. The largest absolute Gasteiger partial charge is 0.394 e. The number of rotatable bonds is 6. The summed E-state index contributed by atoms with van der Waals surface area (Å²) in [6, 6.07) is 6.87. The number of hydrogen-bond acceptors (Lipinski definition) is 3. The summed E-state index contributed by atoms with van der Waals surface area (Å²) >= 11 is 0. The Bertz CT molecular complexity index is 472. The fraction of sp³-hybridized carbons (Fsp3) is 0.467. The highest BCUT2D eigenvalue weighted by molar-refractivity contribution is 5.96. The molecule has 1 atom stereocenters. The lowest BCUT2D eigenvalue weighted by Gasteiger charge is -2.19. The fourth-order valence-corrected chi connectivity index (χ4v) is 1.73. The molecule has 0 bridgehead atoms. The highest BCUT2D eigenvalue weighted by Gasteiger charge is 2.15. The zero-order valence-corrected chi connectivity index (χ0v) is 12.1. The smallest absolute Gasteiger partial charge is 0.251 e. The quantitative estimate of drug-likeness (QED) is 0.722. The average Bonchev–Trinajstić information content (AvgIpc) is 2.41. The van der Waals surface area contributed by atoms with E-state index in [9.17, 15) is 9.59 Å². The zero-order valence-electron chi connectivity index (χ0n) is 12.1. The normalized spacial score (nSPS) is 12.1. The summed E-state index contributed by atoms with van der Waals surface area (Å²) in [6.07, 6.45) is 0. The number of aliphatic hydroxyl groups excluding tert-OH is 1. The van der Waals surface area contributed by atoms with Gasteiger partial charge in [-0.3, -0.25) is 9.59 Å². The Morgan fingerprint density at radius 1 is 1.30 bits per heavy atom. The first-order valence-corrected chi connectivity index (χ1v) is 6.69. The van der Waals surface area contributed by atoms with Crippen molar-refractivity contribution in [2.75, 3.05) is 13.2 Å². The van der Waals surface area contributed by atoms with E-state index in [4.69, 9.17) is 5.11 Å². The van der Waals surface area contributed by atoms with Crippen LogP contribution in [0.5, 0.6) is 0 Å². The molecule has 0 aliphatic heterocycles. The molecule has 1 aromatic carbocycles. The lowest BCUT2D eigenvalue weighted by atomic mass is 10.1. The maximum Gasteiger partial charge on any atom is 0.251 e. The van der Waals surface area contributed by atoms with E-state index in [1.807, 2.05) is 26.8 Å². The number of amides is 2. The SMILES string of the molecule is Cc1cccc(C(=O)NCC(=O)NC(CO)C(C)C)c1. The molecule has 5 nitrogen and oxygen atoms in total. The van der Waals surface area contributed by atoms with Crippen LogP contribution in [0, 0.1) is 12.8 Å². The van der Waals surface area contributed by atoms with Gasteiger partial charge in [0.05, 0.1) is 19.2 Å². The summed E-state index contributed by atoms with van der Waals surface area (Å²) in [6.45, 7) is 5.50. The molecule has 0 spiro atoms. The highest BCUT2D eigenvalue weighted by atomic mass is 16.3. The topological polar surface area (TPSA) is 78.4 Å². The Morgan fingerprint density at radius 3 is 2.55 bits per heavy atom. The van der Waals surface area contributed by atoms with Gasteiger partial charge in [-0.25, -0.2) is 0 Å². The predicted molar refractivity (Wildman–Crippen MR) is 77.4 cm³/mol. The van der Waals surface area contributed by atoms with Crippen molar-refractivity contribution in [1.82, 2.24) is 10.6 Å². The minimum Gasteiger partial charge on any atom is -0.394 e. The standard InChI is InChI=1S/C15H22N2O3/c1-10(2)13(9-18)17-14(19)8-16-15(20)12-6-4-5-11(3)7-12/h4-7,10,13,18H,8-9H2,1-3H3,(H,16,20)(H,17,19). The van der Waals surface area contributed by atoms with E-state index in [-0.39, 0.29) is 36.9 Å². The molecule has 0 aromatic heterocycles. The Labute approximate surface area is 119 Å². The van der Waals surface area contributed by atoms with E-state index < -0.39 is 0 Å². The lowest BCUT2D eigenvalue weighted by molar-refractivity contribution is -0.121. The molecule has 0 saturated heterocycles. The molecule has 0 heterocycles. The maximum atomic E-state index is 11.9. The molecular weight excluding hydrogens is 256 g/mol. The second-order valence-corrected chi connectivity index (χ2v) is 5.15. The van der Waals surface area contributed by atoms with Crippen LogP contribution in [-0.4, -0.2) is 36.1 Å². The van der Waals surface area contributed by atoms with Gasteiger partial charge in [-0.1, -0.05) is 31.5 Å². The molecule has 1 aromatic rings. The minimum atomic E-state index is -0.307. The average molecular weight is 278 g/mol. The van der Waals surface area contributed by atoms with Gasteiger partial charge >= 0.3 is 0 Å². The number of aliphatic hydroxyl groups is 1. The second-order valence-electron chi connectivity index (χ2n) is 5.15. The first-order chi connectivity index (χ1) is 9.43. The van der Waals surface area contributed by atoms with Gasteiger partial charge in [-0.15, -0.1) is 0 Å². The number of aryl methyl sites for hydroxylation is 1. The van der Waals surface area contributed by atoms with Crippen molar-refractivity contribution in [2.24, 2.45) is 5.92 Å². The van der Waals surface area contributed by atoms with Crippen LogP contribution < -0.4 is 10.6 Å². The molecule has 20 heavy (non-hydrogen) atoms. The third-order valence-electron chi connectivity index (χ3n) is 3.04. The summed E-state index contributed by atoms with van der Waals surface area (Å²) in [5.41, 5.74) is 1.52. The van der Waals surface area contributed by atoms with Crippen LogP contribution in [0.15, 0.2) is 24.3 Å². The number of carbonyl (C=O) groups excluding carboxylic acids is 2.